The Morgan fingerprint density at radius 3 is 2.94 bits per heavy atom. The minimum atomic E-state index is -0.601. The molecular weight excluding hydrogens is 220 g/mol. The van der Waals surface area contributed by atoms with Gasteiger partial charge >= 0.3 is 0 Å². The summed E-state index contributed by atoms with van der Waals surface area (Å²) in [4.78, 5) is 0. The fourth-order valence-corrected chi connectivity index (χ4v) is 1.87. The molecule has 2 heterocycles. The molecule has 1 unspecified atom stereocenters. The maximum absolute atomic E-state index is 9.66. The average Bonchev–Trinajstić information content (AvgIpc) is 3.19. The Morgan fingerprint density at radius 1 is 1.71 bits per heavy atom. The van der Waals surface area contributed by atoms with Gasteiger partial charge in [-0.3, -0.25) is 0 Å². The first-order valence-electron chi connectivity index (χ1n) is 6.12. The number of aliphatic hydroxyl groups is 1. The van der Waals surface area contributed by atoms with E-state index < -0.39 is 6.23 Å². The Balaban J connectivity index is 1.73. The molecule has 1 saturated carbocycles. The number of aromatic nitrogens is 2. The van der Waals surface area contributed by atoms with E-state index in [2.05, 4.69) is 5.10 Å². The SMILES string of the molecule is CC(O)n1nc(OC[C@]2(C)CO2)cc1C1CC1. The Morgan fingerprint density at radius 2 is 2.41 bits per heavy atom. The highest BCUT2D eigenvalue weighted by molar-refractivity contribution is 5.23. The molecule has 1 saturated heterocycles. The maximum Gasteiger partial charge on any atom is 0.233 e. The van der Waals surface area contributed by atoms with E-state index in [0.717, 1.165) is 12.3 Å². The van der Waals surface area contributed by atoms with Crippen molar-refractivity contribution in [2.24, 2.45) is 0 Å². The minimum absolute atomic E-state index is 0.131. The van der Waals surface area contributed by atoms with Crippen LogP contribution in [-0.4, -0.2) is 33.7 Å². The molecule has 3 rings (SSSR count). The van der Waals surface area contributed by atoms with Crippen molar-refractivity contribution in [3.8, 4) is 5.88 Å². The van der Waals surface area contributed by atoms with Crippen LogP contribution in [0.4, 0.5) is 0 Å². The van der Waals surface area contributed by atoms with Crippen LogP contribution in [-0.2, 0) is 4.74 Å². The fraction of sp³-hybridized carbons (Fsp3) is 0.750. The van der Waals surface area contributed by atoms with Crippen molar-refractivity contribution in [3.63, 3.8) is 0 Å². The largest absolute Gasteiger partial charge is 0.473 e. The zero-order chi connectivity index (χ0) is 12.0. The molecule has 1 aromatic heterocycles. The summed E-state index contributed by atoms with van der Waals surface area (Å²) in [6.07, 6.45) is 1.76. The highest BCUT2D eigenvalue weighted by Gasteiger charge is 2.40. The number of epoxide rings is 1. The van der Waals surface area contributed by atoms with Crippen molar-refractivity contribution in [2.45, 2.75) is 44.4 Å². The predicted molar refractivity (Wildman–Crippen MR) is 61.0 cm³/mol. The van der Waals surface area contributed by atoms with Crippen LogP contribution in [0, 0.1) is 0 Å². The Hall–Kier alpha value is -1.07. The third-order valence-electron chi connectivity index (χ3n) is 3.25. The molecule has 1 aliphatic carbocycles. The third-order valence-corrected chi connectivity index (χ3v) is 3.25. The summed E-state index contributed by atoms with van der Waals surface area (Å²) in [7, 11) is 0. The van der Waals surface area contributed by atoms with Gasteiger partial charge in [-0.25, -0.2) is 4.68 Å². The van der Waals surface area contributed by atoms with Gasteiger partial charge < -0.3 is 14.6 Å². The first-order valence-corrected chi connectivity index (χ1v) is 6.12. The van der Waals surface area contributed by atoms with E-state index in [1.165, 1.54) is 12.8 Å². The minimum Gasteiger partial charge on any atom is -0.473 e. The van der Waals surface area contributed by atoms with Crippen LogP contribution in [0.3, 0.4) is 0 Å². The lowest BCUT2D eigenvalue weighted by molar-refractivity contribution is 0.104. The second-order valence-electron chi connectivity index (χ2n) is 5.29. The Bertz CT molecular complexity index is 400. The predicted octanol–water partition coefficient (Wildman–Crippen LogP) is 1.44. The summed E-state index contributed by atoms with van der Waals surface area (Å²) < 4.78 is 12.5. The van der Waals surface area contributed by atoms with E-state index in [1.807, 2.05) is 13.0 Å². The van der Waals surface area contributed by atoms with Crippen LogP contribution in [0.2, 0.25) is 0 Å². The van der Waals surface area contributed by atoms with E-state index in [0.29, 0.717) is 18.4 Å². The first-order chi connectivity index (χ1) is 8.07. The van der Waals surface area contributed by atoms with Crippen molar-refractivity contribution in [2.75, 3.05) is 13.2 Å². The number of nitrogens with zero attached hydrogens (tertiary/aromatic N) is 2. The zero-order valence-corrected chi connectivity index (χ0v) is 10.2. The molecule has 94 valence electrons. The van der Waals surface area contributed by atoms with Crippen molar-refractivity contribution in [3.05, 3.63) is 11.8 Å². The molecule has 0 bridgehead atoms. The van der Waals surface area contributed by atoms with E-state index >= 15 is 0 Å². The van der Waals surface area contributed by atoms with Gasteiger partial charge in [0, 0.05) is 17.7 Å². The summed E-state index contributed by atoms with van der Waals surface area (Å²) in [5.74, 6) is 1.13. The van der Waals surface area contributed by atoms with Gasteiger partial charge in [-0.05, 0) is 26.7 Å². The molecule has 0 amide bonds. The summed E-state index contributed by atoms with van der Waals surface area (Å²) in [5, 5.41) is 13.9. The molecule has 1 aliphatic heterocycles. The molecule has 17 heavy (non-hydrogen) atoms. The molecular formula is C12H18N2O3. The van der Waals surface area contributed by atoms with E-state index in [1.54, 1.807) is 11.6 Å². The highest BCUT2D eigenvalue weighted by Crippen LogP contribution is 2.42. The average molecular weight is 238 g/mol. The lowest BCUT2D eigenvalue weighted by atomic mass is 10.2. The van der Waals surface area contributed by atoms with Gasteiger partial charge in [-0.2, -0.15) is 0 Å². The van der Waals surface area contributed by atoms with Crippen molar-refractivity contribution in [1.82, 2.24) is 9.78 Å². The molecule has 2 fully saturated rings. The molecule has 1 aromatic rings. The van der Waals surface area contributed by atoms with Crippen LogP contribution >= 0.6 is 0 Å². The summed E-state index contributed by atoms with van der Waals surface area (Å²) in [6, 6.07) is 1.94. The zero-order valence-electron chi connectivity index (χ0n) is 10.2. The van der Waals surface area contributed by atoms with E-state index in [-0.39, 0.29) is 5.60 Å². The van der Waals surface area contributed by atoms with Crippen LogP contribution < -0.4 is 4.74 Å². The topological polar surface area (TPSA) is 59.8 Å². The number of rotatable bonds is 5. The molecule has 2 atom stereocenters. The molecule has 5 nitrogen and oxygen atoms in total. The monoisotopic (exact) mass is 238 g/mol. The Kier molecular flexibility index (Phi) is 2.41. The van der Waals surface area contributed by atoms with Crippen LogP contribution in [0.5, 0.6) is 5.88 Å². The van der Waals surface area contributed by atoms with Gasteiger partial charge in [-0.1, -0.05) is 0 Å². The number of ether oxygens (including phenoxy) is 2. The number of hydrogen-bond acceptors (Lipinski definition) is 4. The van der Waals surface area contributed by atoms with Crippen molar-refractivity contribution in [1.29, 1.82) is 0 Å². The van der Waals surface area contributed by atoms with Gasteiger partial charge in [0.1, 0.15) is 18.4 Å². The summed E-state index contributed by atoms with van der Waals surface area (Å²) >= 11 is 0. The Labute approximate surface area is 100 Å². The fourth-order valence-electron chi connectivity index (χ4n) is 1.87. The standard InChI is InChI=1S/C12H18N2O3/c1-8(15)14-10(9-3-4-9)5-11(13-14)16-6-12(2)7-17-12/h5,8-9,15H,3-4,6-7H2,1-2H3/t8?,12-/m1/s1. The quantitative estimate of drug-likeness (QED) is 0.788. The van der Waals surface area contributed by atoms with Crippen LogP contribution in [0.25, 0.3) is 0 Å². The molecule has 0 radical (unpaired) electrons. The third kappa shape index (κ3) is 2.30. The molecule has 0 spiro atoms. The molecule has 5 heteroatoms. The number of hydrogen-bond donors (Lipinski definition) is 1. The maximum atomic E-state index is 9.66. The second kappa shape index (κ2) is 3.71. The van der Waals surface area contributed by atoms with E-state index in [9.17, 15) is 5.11 Å². The summed E-state index contributed by atoms with van der Waals surface area (Å²) in [5.41, 5.74) is 0.950. The van der Waals surface area contributed by atoms with E-state index in [4.69, 9.17) is 9.47 Å². The van der Waals surface area contributed by atoms with Gasteiger partial charge in [0.15, 0.2) is 0 Å². The van der Waals surface area contributed by atoms with Crippen molar-refractivity contribution < 1.29 is 14.6 Å². The molecule has 0 aromatic carbocycles. The van der Waals surface area contributed by atoms with Gasteiger partial charge in [0.05, 0.1) is 6.61 Å². The molecule has 1 N–H and O–H groups in total. The van der Waals surface area contributed by atoms with Crippen LogP contribution in [0.15, 0.2) is 6.07 Å². The first kappa shape index (κ1) is 11.0. The molecule has 2 aliphatic rings. The highest BCUT2D eigenvalue weighted by atomic mass is 16.6. The van der Waals surface area contributed by atoms with Gasteiger partial charge in [0.25, 0.3) is 0 Å². The smallest absolute Gasteiger partial charge is 0.233 e. The second-order valence-corrected chi connectivity index (χ2v) is 5.29. The normalized spacial score (nSPS) is 29.1. The van der Waals surface area contributed by atoms with Gasteiger partial charge in [-0.15, -0.1) is 5.10 Å². The lowest BCUT2D eigenvalue weighted by Crippen LogP contribution is -2.17. The lowest BCUT2D eigenvalue weighted by Gasteiger charge is -2.08. The van der Waals surface area contributed by atoms with Gasteiger partial charge in [0.2, 0.25) is 5.88 Å². The van der Waals surface area contributed by atoms with Crippen LogP contribution in [0.1, 0.15) is 44.5 Å². The summed E-state index contributed by atoms with van der Waals surface area (Å²) in [6.45, 7) is 5.00. The van der Waals surface area contributed by atoms with Crippen molar-refractivity contribution >= 4 is 0 Å². The number of aliphatic hydroxyl groups excluding tert-OH is 1.